The summed E-state index contributed by atoms with van der Waals surface area (Å²) in [6.45, 7) is 2.84. The highest BCUT2D eigenvalue weighted by atomic mass is 32.2. The Balaban J connectivity index is 1.40. The summed E-state index contributed by atoms with van der Waals surface area (Å²) in [6.07, 6.45) is 4.43. The molecule has 32 heavy (non-hydrogen) atoms. The molecule has 2 heterocycles. The van der Waals surface area contributed by atoms with Gasteiger partial charge in [-0.1, -0.05) is 73.5 Å². The summed E-state index contributed by atoms with van der Waals surface area (Å²) in [6, 6.07) is 20.2. The molecule has 2 aliphatic heterocycles. The first-order chi connectivity index (χ1) is 15.6. The van der Waals surface area contributed by atoms with E-state index in [-0.39, 0.29) is 11.8 Å². The van der Waals surface area contributed by atoms with Gasteiger partial charge in [0.15, 0.2) is 0 Å². The number of piperazine rings is 1. The molecule has 0 unspecified atom stereocenters. The van der Waals surface area contributed by atoms with Gasteiger partial charge in [0.1, 0.15) is 0 Å². The van der Waals surface area contributed by atoms with Crippen LogP contribution in [0, 0.1) is 0 Å². The molecular formula is C25H33N3O3S. The summed E-state index contributed by atoms with van der Waals surface area (Å²) in [5, 5.41) is 0. The molecule has 0 aliphatic carbocycles. The molecule has 0 N–H and O–H groups in total. The van der Waals surface area contributed by atoms with Gasteiger partial charge in [-0.3, -0.25) is 4.79 Å². The van der Waals surface area contributed by atoms with Gasteiger partial charge < -0.3 is 4.90 Å². The Morgan fingerprint density at radius 2 is 1.16 bits per heavy atom. The van der Waals surface area contributed by atoms with Crippen LogP contribution in [-0.4, -0.2) is 67.1 Å². The highest BCUT2D eigenvalue weighted by Gasteiger charge is 2.34. The van der Waals surface area contributed by atoms with Gasteiger partial charge in [0.25, 0.3) is 10.2 Å². The number of benzene rings is 2. The van der Waals surface area contributed by atoms with Gasteiger partial charge in [0.05, 0.1) is 0 Å². The van der Waals surface area contributed by atoms with Crippen LogP contribution >= 0.6 is 0 Å². The van der Waals surface area contributed by atoms with Crippen LogP contribution in [-0.2, 0) is 15.0 Å². The van der Waals surface area contributed by atoms with Crippen LogP contribution < -0.4 is 0 Å². The number of nitrogens with zero attached hydrogens (tertiary/aromatic N) is 3. The second-order valence-electron chi connectivity index (χ2n) is 8.68. The highest BCUT2D eigenvalue weighted by molar-refractivity contribution is 7.86. The third-order valence-corrected chi connectivity index (χ3v) is 8.63. The number of hydrogen-bond acceptors (Lipinski definition) is 3. The van der Waals surface area contributed by atoms with Crippen molar-refractivity contribution < 1.29 is 13.2 Å². The van der Waals surface area contributed by atoms with E-state index in [4.69, 9.17) is 0 Å². The average molecular weight is 456 g/mol. The average Bonchev–Trinajstić information content (AvgIpc) is 3.14. The van der Waals surface area contributed by atoms with Gasteiger partial charge in [-0.05, 0) is 24.0 Å². The zero-order valence-electron chi connectivity index (χ0n) is 18.6. The first-order valence-electron chi connectivity index (χ1n) is 11.7. The van der Waals surface area contributed by atoms with Crippen LogP contribution in [0.15, 0.2) is 60.7 Å². The Kier molecular flexibility index (Phi) is 7.60. The molecule has 7 heteroatoms. The van der Waals surface area contributed by atoms with Crippen LogP contribution in [0.1, 0.15) is 49.1 Å². The molecule has 2 aromatic rings. The molecule has 6 nitrogen and oxygen atoms in total. The summed E-state index contributed by atoms with van der Waals surface area (Å²) in [5.74, 6) is 0.0679. The maximum Gasteiger partial charge on any atom is 0.282 e. The van der Waals surface area contributed by atoms with Crippen molar-refractivity contribution in [3.05, 3.63) is 71.8 Å². The smallest absolute Gasteiger partial charge is 0.282 e. The van der Waals surface area contributed by atoms with E-state index in [0.717, 1.165) is 36.8 Å². The molecule has 172 valence electrons. The number of carbonyl (C=O) groups is 1. The molecule has 4 rings (SSSR count). The Morgan fingerprint density at radius 3 is 1.66 bits per heavy atom. The lowest BCUT2D eigenvalue weighted by molar-refractivity contribution is -0.132. The quantitative estimate of drug-likeness (QED) is 0.670. The maximum absolute atomic E-state index is 13.2. The summed E-state index contributed by atoms with van der Waals surface area (Å²) >= 11 is 0. The van der Waals surface area contributed by atoms with Gasteiger partial charge in [-0.2, -0.15) is 17.0 Å². The van der Waals surface area contributed by atoms with E-state index in [9.17, 15) is 13.2 Å². The number of hydrogen-bond donors (Lipinski definition) is 0. The SMILES string of the molecule is O=C(CC(c1ccccc1)c1ccccc1)N1CCN(S(=O)(=O)N2CCCCCC2)CC1. The molecule has 2 saturated heterocycles. The van der Waals surface area contributed by atoms with Gasteiger partial charge >= 0.3 is 0 Å². The fourth-order valence-electron chi connectivity index (χ4n) is 4.71. The van der Waals surface area contributed by atoms with Crippen molar-refractivity contribution in [1.82, 2.24) is 13.5 Å². The van der Waals surface area contributed by atoms with Crippen LogP contribution in [0.2, 0.25) is 0 Å². The fraction of sp³-hybridized carbons (Fsp3) is 0.480. The molecule has 0 spiro atoms. The molecule has 1 amide bonds. The molecule has 2 aromatic carbocycles. The van der Waals surface area contributed by atoms with Crippen LogP contribution in [0.4, 0.5) is 0 Å². The Hall–Kier alpha value is -2.22. The summed E-state index contributed by atoms with van der Waals surface area (Å²) < 4.78 is 29.3. The van der Waals surface area contributed by atoms with E-state index in [1.165, 1.54) is 0 Å². The summed E-state index contributed by atoms with van der Waals surface area (Å²) in [5.41, 5.74) is 2.24. The predicted molar refractivity (Wildman–Crippen MR) is 126 cm³/mol. The van der Waals surface area contributed by atoms with Crippen molar-refractivity contribution in [2.75, 3.05) is 39.3 Å². The van der Waals surface area contributed by atoms with E-state index in [0.29, 0.717) is 45.7 Å². The third-order valence-electron chi connectivity index (χ3n) is 6.59. The fourth-order valence-corrected chi connectivity index (χ4v) is 6.38. The molecule has 0 saturated carbocycles. The normalized spacial score (nSPS) is 19.1. The minimum atomic E-state index is -3.44. The molecule has 0 radical (unpaired) electrons. The maximum atomic E-state index is 13.2. The minimum Gasteiger partial charge on any atom is -0.340 e. The molecule has 2 aliphatic rings. The van der Waals surface area contributed by atoms with E-state index < -0.39 is 10.2 Å². The Bertz CT molecular complexity index is 927. The lowest BCUT2D eigenvalue weighted by Gasteiger charge is -2.37. The van der Waals surface area contributed by atoms with Gasteiger partial charge in [0, 0.05) is 51.6 Å². The number of carbonyl (C=O) groups excluding carboxylic acids is 1. The first kappa shape index (κ1) is 23.0. The van der Waals surface area contributed by atoms with E-state index >= 15 is 0 Å². The molecule has 2 fully saturated rings. The van der Waals surface area contributed by atoms with Crippen molar-refractivity contribution in [2.45, 2.75) is 38.0 Å². The first-order valence-corrected chi connectivity index (χ1v) is 13.1. The minimum absolute atomic E-state index is 0.0104. The lowest BCUT2D eigenvalue weighted by Crippen LogP contribution is -2.54. The van der Waals surface area contributed by atoms with Crippen molar-refractivity contribution in [3.8, 4) is 0 Å². The molecule has 0 aromatic heterocycles. The number of amides is 1. The molecular weight excluding hydrogens is 422 g/mol. The Labute approximate surface area is 192 Å². The predicted octanol–water partition coefficient (Wildman–Crippen LogP) is 3.47. The van der Waals surface area contributed by atoms with Crippen LogP contribution in [0.25, 0.3) is 0 Å². The van der Waals surface area contributed by atoms with Crippen molar-refractivity contribution in [1.29, 1.82) is 0 Å². The summed E-state index contributed by atoms with van der Waals surface area (Å²) in [4.78, 5) is 15.0. The zero-order valence-corrected chi connectivity index (χ0v) is 19.4. The van der Waals surface area contributed by atoms with Gasteiger partial charge in [-0.15, -0.1) is 0 Å². The second kappa shape index (κ2) is 10.6. The third kappa shape index (κ3) is 5.39. The largest absolute Gasteiger partial charge is 0.340 e. The van der Waals surface area contributed by atoms with Crippen molar-refractivity contribution in [3.63, 3.8) is 0 Å². The van der Waals surface area contributed by atoms with Crippen LogP contribution in [0.3, 0.4) is 0 Å². The number of rotatable bonds is 6. The Morgan fingerprint density at radius 1 is 0.688 bits per heavy atom. The summed E-state index contributed by atoms with van der Waals surface area (Å²) in [7, 11) is -3.44. The van der Waals surface area contributed by atoms with Gasteiger partial charge in [0.2, 0.25) is 5.91 Å². The van der Waals surface area contributed by atoms with Gasteiger partial charge in [-0.25, -0.2) is 0 Å². The van der Waals surface area contributed by atoms with E-state index in [1.807, 2.05) is 41.3 Å². The molecule has 0 atom stereocenters. The highest BCUT2D eigenvalue weighted by Crippen LogP contribution is 2.29. The zero-order chi connectivity index (χ0) is 22.4. The monoisotopic (exact) mass is 455 g/mol. The van der Waals surface area contributed by atoms with E-state index in [1.54, 1.807) is 8.61 Å². The van der Waals surface area contributed by atoms with Crippen molar-refractivity contribution >= 4 is 16.1 Å². The topological polar surface area (TPSA) is 60.9 Å². The lowest BCUT2D eigenvalue weighted by atomic mass is 9.88. The van der Waals surface area contributed by atoms with Crippen molar-refractivity contribution in [2.24, 2.45) is 0 Å². The molecule has 0 bridgehead atoms. The van der Waals surface area contributed by atoms with E-state index in [2.05, 4.69) is 24.3 Å². The van der Waals surface area contributed by atoms with Crippen LogP contribution in [0.5, 0.6) is 0 Å². The second-order valence-corrected chi connectivity index (χ2v) is 10.6. The standard InChI is InChI=1S/C25H33N3O3S/c29-25(21-24(22-11-5-3-6-12-22)23-13-7-4-8-14-23)26-17-19-28(20-18-26)32(30,31)27-15-9-1-2-10-16-27/h3-8,11-14,24H,1-2,9-10,15-21H2.